The monoisotopic (exact) mass is 316 g/mol. The Morgan fingerprint density at radius 3 is 2.95 bits per heavy atom. The third-order valence-corrected chi connectivity index (χ3v) is 5.35. The number of thiophene rings is 1. The molecule has 4 nitrogen and oxygen atoms in total. The Hall–Kier alpha value is -1.46. The third-order valence-electron chi connectivity index (χ3n) is 4.42. The molecule has 5 heteroatoms. The van der Waals surface area contributed by atoms with Crippen LogP contribution < -0.4 is 4.90 Å². The van der Waals surface area contributed by atoms with Crippen molar-refractivity contribution in [2.45, 2.75) is 32.2 Å². The molecular formula is C17H24N4S. The molecule has 0 spiro atoms. The number of hydrogen-bond acceptors (Lipinski definition) is 5. The van der Waals surface area contributed by atoms with Gasteiger partial charge in [-0.1, -0.05) is 6.07 Å². The van der Waals surface area contributed by atoms with Gasteiger partial charge >= 0.3 is 0 Å². The highest BCUT2D eigenvalue weighted by Crippen LogP contribution is 2.20. The highest BCUT2D eigenvalue weighted by Gasteiger charge is 2.24. The van der Waals surface area contributed by atoms with E-state index in [9.17, 15) is 0 Å². The summed E-state index contributed by atoms with van der Waals surface area (Å²) in [5.74, 6) is 1.02. The molecule has 1 aliphatic rings. The lowest BCUT2D eigenvalue weighted by molar-refractivity contribution is 0.217. The van der Waals surface area contributed by atoms with Crippen LogP contribution in [0.15, 0.2) is 29.6 Å². The van der Waals surface area contributed by atoms with Gasteiger partial charge in [-0.25, -0.2) is 0 Å². The minimum Gasteiger partial charge on any atom is -0.354 e. The number of hydrogen-bond donors (Lipinski definition) is 0. The lowest BCUT2D eigenvalue weighted by Gasteiger charge is -2.38. The van der Waals surface area contributed by atoms with Crippen LogP contribution in [0.25, 0.3) is 0 Å². The van der Waals surface area contributed by atoms with Crippen LogP contribution in [0.3, 0.4) is 0 Å². The van der Waals surface area contributed by atoms with E-state index in [1.165, 1.54) is 17.7 Å². The van der Waals surface area contributed by atoms with E-state index in [1.54, 1.807) is 0 Å². The van der Waals surface area contributed by atoms with Gasteiger partial charge in [0.05, 0.1) is 5.69 Å². The largest absolute Gasteiger partial charge is 0.354 e. The maximum atomic E-state index is 4.34. The summed E-state index contributed by atoms with van der Waals surface area (Å²) in [6.45, 7) is 5.25. The van der Waals surface area contributed by atoms with Crippen molar-refractivity contribution in [3.8, 4) is 0 Å². The van der Waals surface area contributed by atoms with Crippen molar-refractivity contribution in [3.05, 3.63) is 40.2 Å². The van der Waals surface area contributed by atoms with Crippen molar-refractivity contribution in [1.82, 2.24) is 15.1 Å². The average molecular weight is 316 g/mol. The molecular weight excluding hydrogens is 292 g/mol. The molecule has 0 bridgehead atoms. The second-order valence-corrected chi connectivity index (χ2v) is 7.12. The van der Waals surface area contributed by atoms with E-state index < -0.39 is 0 Å². The van der Waals surface area contributed by atoms with Crippen LogP contribution in [0.5, 0.6) is 0 Å². The molecule has 0 amide bonds. The fraction of sp³-hybridized carbons (Fsp3) is 0.529. The molecule has 22 heavy (non-hydrogen) atoms. The van der Waals surface area contributed by atoms with Gasteiger partial charge in [0, 0.05) is 30.6 Å². The molecule has 1 aliphatic heterocycles. The zero-order chi connectivity index (χ0) is 15.4. The van der Waals surface area contributed by atoms with Gasteiger partial charge in [-0.05, 0) is 56.8 Å². The maximum Gasteiger partial charge on any atom is 0.151 e. The molecule has 0 saturated carbocycles. The van der Waals surface area contributed by atoms with Gasteiger partial charge in [-0.3, -0.25) is 0 Å². The Bertz CT molecular complexity index is 567. The standard InChI is InChI=1S/C17H24N4S/c1-14-7-8-17(19-18-14)21-10-3-5-15(13-21)20(2)11-9-16-6-4-12-22-16/h4,6-8,12,15H,3,5,9-11,13H2,1-2H3. The van der Waals surface area contributed by atoms with Crippen molar-refractivity contribution in [1.29, 1.82) is 0 Å². The first kappa shape index (κ1) is 15.4. The number of anilines is 1. The number of nitrogens with zero attached hydrogens (tertiary/aromatic N) is 4. The summed E-state index contributed by atoms with van der Waals surface area (Å²) in [5, 5.41) is 10.7. The van der Waals surface area contributed by atoms with E-state index in [-0.39, 0.29) is 0 Å². The van der Waals surface area contributed by atoms with E-state index in [0.717, 1.165) is 37.6 Å². The van der Waals surface area contributed by atoms with Crippen LogP contribution in [-0.4, -0.2) is 47.8 Å². The fourth-order valence-electron chi connectivity index (χ4n) is 3.01. The van der Waals surface area contributed by atoms with Crippen molar-refractivity contribution < 1.29 is 0 Å². The SMILES string of the molecule is Cc1ccc(N2CCCC(N(C)CCc3cccs3)C2)nn1. The molecule has 0 radical (unpaired) electrons. The number of likely N-dealkylation sites (N-methyl/N-ethyl adjacent to an activating group) is 1. The van der Waals surface area contributed by atoms with Crippen LogP contribution in [0.2, 0.25) is 0 Å². The van der Waals surface area contributed by atoms with E-state index in [1.807, 2.05) is 24.3 Å². The Labute approximate surface area is 136 Å². The molecule has 2 aromatic heterocycles. The van der Waals surface area contributed by atoms with Crippen molar-refractivity contribution in [2.75, 3.05) is 31.6 Å². The first-order chi connectivity index (χ1) is 10.7. The van der Waals surface area contributed by atoms with Crippen LogP contribution in [0.4, 0.5) is 5.82 Å². The molecule has 1 unspecified atom stereocenters. The number of rotatable bonds is 5. The Kier molecular flexibility index (Phi) is 5.05. The molecule has 3 rings (SSSR count). The molecule has 0 N–H and O–H groups in total. The van der Waals surface area contributed by atoms with Crippen molar-refractivity contribution in [2.24, 2.45) is 0 Å². The predicted molar refractivity (Wildman–Crippen MR) is 92.7 cm³/mol. The van der Waals surface area contributed by atoms with Crippen molar-refractivity contribution in [3.63, 3.8) is 0 Å². The average Bonchev–Trinajstić information content (AvgIpc) is 3.07. The minimum absolute atomic E-state index is 0.608. The molecule has 3 heterocycles. The number of aromatic nitrogens is 2. The lowest BCUT2D eigenvalue weighted by atomic mass is 10.0. The zero-order valence-corrected chi connectivity index (χ0v) is 14.2. The first-order valence-corrected chi connectivity index (χ1v) is 8.88. The van der Waals surface area contributed by atoms with E-state index in [4.69, 9.17) is 0 Å². The molecule has 2 aromatic rings. The molecule has 0 aromatic carbocycles. The van der Waals surface area contributed by atoms with Crippen molar-refractivity contribution >= 4 is 17.2 Å². The Morgan fingerprint density at radius 2 is 2.23 bits per heavy atom. The third kappa shape index (κ3) is 3.84. The highest BCUT2D eigenvalue weighted by atomic mass is 32.1. The molecule has 1 fully saturated rings. The Morgan fingerprint density at radius 1 is 1.32 bits per heavy atom. The number of piperidine rings is 1. The summed E-state index contributed by atoms with van der Waals surface area (Å²) in [6, 6.07) is 9.12. The van der Waals surface area contributed by atoms with E-state index in [2.05, 4.69) is 50.6 Å². The van der Waals surface area contributed by atoms with Gasteiger partial charge in [0.2, 0.25) is 0 Å². The Balaban J connectivity index is 1.56. The summed E-state index contributed by atoms with van der Waals surface area (Å²) in [7, 11) is 2.25. The predicted octanol–water partition coefficient (Wildman–Crippen LogP) is 2.99. The zero-order valence-electron chi connectivity index (χ0n) is 13.4. The smallest absolute Gasteiger partial charge is 0.151 e. The summed E-state index contributed by atoms with van der Waals surface area (Å²) in [6.07, 6.45) is 3.65. The van der Waals surface area contributed by atoms with Crippen LogP contribution in [0.1, 0.15) is 23.4 Å². The molecule has 0 aliphatic carbocycles. The van der Waals surface area contributed by atoms with Gasteiger partial charge in [-0.15, -0.1) is 16.4 Å². The molecule has 1 atom stereocenters. The van der Waals surface area contributed by atoms with Gasteiger partial charge in [0.25, 0.3) is 0 Å². The summed E-state index contributed by atoms with van der Waals surface area (Å²) in [5.41, 5.74) is 0.977. The van der Waals surface area contributed by atoms with Gasteiger partial charge in [0.1, 0.15) is 0 Å². The number of aryl methyl sites for hydroxylation is 1. The summed E-state index contributed by atoms with van der Waals surface area (Å²) in [4.78, 5) is 6.36. The van der Waals surface area contributed by atoms with Crippen LogP contribution in [0, 0.1) is 6.92 Å². The molecule has 118 valence electrons. The second kappa shape index (κ2) is 7.20. The first-order valence-electron chi connectivity index (χ1n) is 8.00. The normalized spacial score (nSPS) is 18.9. The van der Waals surface area contributed by atoms with Crippen LogP contribution >= 0.6 is 11.3 Å². The highest BCUT2D eigenvalue weighted by molar-refractivity contribution is 7.09. The summed E-state index contributed by atoms with van der Waals surface area (Å²) >= 11 is 1.85. The maximum absolute atomic E-state index is 4.34. The minimum atomic E-state index is 0.608. The van der Waals surface area contributed by atoms with Gasteiger partial charge < -0.3 is 9.80 Å². The van der Waals surface area contributed by atoms with E-state index >= 15 is 0 Å². The van der Waals surface area contributed by atoms with Gasteiger partial charge in [-0.2, -0.15) is 5.10 Å². The quantitative estimate of drug-likeness (QED) is 0.849. The lowest BCUT2D eigenvalue weighted by Crippen LogP contribution is -2.47. The fourth-order valence-corrected chi connectivity index (χ4v) is 3.71. The second-order valence-electron chi connectivity index (χ2n) is 6.08. The van der Waals surface area contributed by atoms with E-state index in [0.29, 0.717) is 6.04 Å². The topological polar surface area (TPSA) is 32.3 Å². The van der Waals surface area contributed by atoms with Gasteiger partial charge in [0.15, 0.2) is 5.82 Å². The molecule has 1 saturated heterocycles. The summed E-state index contributed by atoms with van der Waals surface area (Å²) < 4.78 is 0. The van der Waals surface area contributed by atoms with Crippen LogP contribution in [-0.2, 0) is 6.42 Å².